The molecule has 0 heterocycles. The summed E-state index contributed by atoms with van der Waals surface area (Å²) in [5.41, 5.74) is 0.588. The molecule has 86 valence electrons. The average Bonchev–Trinajstić information content (AvgIpc) is 2.25. The molecule has 0 aromatic heterocycles. The van der Waals surface area contributed by atoms with E-state index >= 15 is 0 Å². The second-order valence-corrected chi connectivity index (χ2v) is 3.72. The van der Waals surface area contributed by atoms with Crippen LogP contribution in [0.15, 0.2) is 28.7 Å². The molecule has 1 aromatic rings. The van der Waals surface area contributed by atoms with Gasteiger partial charge in [0.15, 0.2) is 0 Å². The molecule has 0 aliphatic carbocycles. The third kappa shape index (κ3) is 3.66. The molecule has 0 aliphatic heterocycles. The number of carboxylic acid groups (broad SMARTS) is 1. The Kier molecular flexibility index (Phi) is 4.98. The van der Waals surface area contributed by atoms with Gasteiger partial charge in [-0.15, -0.1) is 0 Å². The number of para-hydroxylation sites is 1. The maximum Gasteiger partial charge on any atom is 0.328 e. The Hall–Kier alpha value is -1.36. The van der Waals surface area contributed by atoms with E-state index in [2.05, 4.69) is 15.9 Å². The lowest BCUT2D eigenvalue weighted by atomic mass is 10.2. The molecule has 0 bridgehead atoms. The van der Waals surface area contributed by atoms with Gasteiger partial charge in [0.1, 0.15) is 19.0 Å². The van der Waals surface area contributed by atoms with Crippen molar-refractivity contribution in [2.75, 3.05) is 13.3 Å². The molecule has 0 amide bonds. The van der Waals surface area contributed by atoms with Crippen molar-refractivity contribution in [3.05, 3.63) is 34.3 Å². The quantitative estimate of drug-likeness (QED) is 0.848. The molecule has 0 aliphatic rings. The maximum atomic E-state index is 12.0. The molecule has 5 heteroatoms. The zero-order chi connectivity index (χ0) is 12.0. The number of rotatable bonds is 5. The summed E-state index contributed by atoms with van der Waals surface area (Å²) in [7, 11) is 0. The van der Waals surface area contributed by atoms with E-state index in [1.807, 2.05) is 0 Å². The number of halogens is 2. The second kappa shape index (κ2) is 6.27. The molecule has 1 aromatic carbocycles. The number of carbonyl (C=O) groups is 1. The fourth-order valence-electron chi connectivity index (χ4n) is 1.11. The van der Waals surface area contributed by atoms with Gasteiger partial charge < -0.3 is 9.84 Å². The van der Waals surface area contributed by atoms with Crippen LogP contribution in [0, 0.1) is 0 Å². The van der Waals surface area contributed by atoms with Gasteiger partial charge in [0.05, 0.1) is 4.47 Å². The first-order valence-corrected chi connectivity index (χ1v) is 5.32. The topological polar surface area (TPSA) is 46.5 Å². The Morgan fingerprint density at radius 2 is 2.31 bits per heavy atom. The Bertz CT molecular complexity index is 404. The molecule has 0 fully saturated rings. The van der Waals surface area contributed by atoms with Crippen LogP contribution in [-0.2, 0) is 4.79 Å². The predicted molar refractivity (Wildman–Crippen MR) is 62.3 cm³/mol. The molecule has 1 N–H and O–H groups in total. The van der Waals surface area contributed by atoms with E-state index in [0.29, 0.717) is 15.8 Å². The smallest absolute Gasteiger partial charge is 0.328 e. The summed E-state index contributed by atoms with van der Waals surface area (Å²) < 4.78 is 17.8. The van der Waals surface area contributed by atoms with Gasteiger partial charge in [-0.25, -0.2) is 9.18 Å². The lowest BCUT2D eigenvalue weighted by molar-refractivity contribution is -0.131. The van der Waals surface area contributed by atoms with Crippen molar-refractivity contribution < 1.29 is 19.0 Å². The first-order chi connectivity index (χ1) is 7.65. The van der Waals surface area contributed by atoms with Crippen LogP contribution in [0.5, 0.6) is 5.75 Å². The van der Waals surface area contributed by atoms with Gasteiger partial charge in [-0.2, -0.15) is 0 Å². The maximum absolute atomic E-state index is 12.0. The van der Waals surface area contributed by atoms with Crippen molar-refractivity contribution in [2.45, 2.75) is 0 Å². The molecule has 0 saturated heterocycles. The Labute approximate surface area is 101 Å². The average molecular weight is 289 g/mol. The van der Waals surface area contributed by atoms with Gasteiger partial charge in [-0.1, -0.05) is 12.1 Å². The van der Waals surface area contributed by atoms with Gasteiger partial charge in [-0.05, 0) is 28.1 Å². The lowest BCUT2D eigenvalue weighted by Crippen LogP contribution is -2.01. The van der Waals surface area contributed by atoms with E-state index in [4.69, 9.17) is 9.84 Å². The lowest BCUT2D eigenvalue weighted by Gasteiger charge is -2.09. The summed E-state index contributed by atoms with van der Waals surface area (Å²) in [6, 6.07) is 5.18. The highest BCUT2D eigenvalue weighted by atomic mass is 79.9. The SMILES string of the molecule is O=C(O)/C=C/c1cccc(Br)c1OCCF. The van der Waals surface area contributed by atoms with E-state index in [0.717, 1.165) is 6.08 Å². The normalized spacial score (nSPS) is 10.6. The largest absolute Gasteiger partial charge is 0.489 e. The molecular weight excluding hydrogens is 279 g/mol. The van der Waals surface area contributed by atoms with E-state index in [1.54, 1.807) is 18.2 Å². The standard InChI is InChI=1S/C11H10BrFO3/c12-9-3-1-2-8(4-5-10(14)15)11(9)16-7-6-13/h1-5H,6-7H2,(H,14,15)/b5-4+. The van der Waals surface area contributed by atoms with Crippen LogP contribution in [0.2, 0.25) is 0 Å². The van der Waals surface area contributed by atoms with Crippen LogP contribution in [0.3, 0.4) is 0 Å². The minimum atomic E-state index is -1.04. The van der Waals surface area contributed by atoms with Crippen molar-refractivity contribution in [1.82, 2.24) is 0 Å². The van der Waals surface area contributed by atoms with E-state index in [1.165, 1.54) is 6.08 Å². The summed E-state index contributed by atoms with van der Waals surface area (Å²) in [5, 5.41) is 8.51. The van der Waals surface area contributed by atoms with Gasteiger partial charge in [0.25, 0.3) is 0 Å². The summed E-state index contributed by atoms with van der Waals surface area (Å²) in [5.74, 6) is -0.603. The van der Waals surface area contributed by atoms with E-state index in [9.17, 15) is 9.18 Å². The first-order valence-electron chi connectivity index (χ1n) is 4.53. The van der Waals surface area contributed by atoms with Crippen molar-refractivity contribution in [3.63, 3.8) is 0 Å². The van der Waals surface area contributed by atoms with Gasteiger partial charge in [-0.3, -0.25) is 0 Å². The number of hydrogen-bond donors (Lipinski definition) is 1. The van der Waals surface area contributed by atoms with Crippen molar-refractivity contribution in [1.29, 1.82) is 0 Å². The molecule has 0 radical (unpaired) electrons. The highest BCUT2D eigenvalue weighted by Crippen LogP contribution is 2.29. The number of benzene rings is 1. The zero-order valence-electron chi connectivity index (χ0n) is 8.32. The van der Waals surface area contributed by atoms with Crippen LogP contribution in [-0.4, -0.2) is 24.4 Å². The van der Waals surface area contributed by atoms with Gasteiger partial charge in [0.2, 0.25) is 0 Å². The highest BCUT2D eigenvalue weighted by Gasteiger charge is 2.05. The van der Waals surface area contributed by atoms with Crippen LogP contribution in [0.4, 0.5) is 4.39 Å². The number of alkyl halides is 1. The number of carboxylic acids is 1. The van der Waals surface area contributed by atoms with Crippen LogP contribution < -0.4 is 4.74 Å². The summed E-state index contributed by atoms with van der Waals surface area (Å²) >= 11 is 3.26. The molecule has 0 atom stereocenters. The van der Waals surface area contributed by atoms with E-state index in [-0.39, 0.29) is 6.61 Å². The highest BCUT2D eigenvalue weighted by molar-refractivity contribution is 9.10. The van der Waals surface area contributed by atoms with Crippen molar-refractivity contribution in [2.24, 2.45) is 0 Å². The molecule has 16 heavy (non-hydrogen) atoms. The summed E-state index contributed by atoms with van der Waals surface area (Å²) in [4.78, 5) is 10.4. The Morgan fingerprint density at radius 1 is 1.56 bits per heavy atom. The fraction of sp³-hybridized carbons (Fsp3) is 0.182. The first kappa shape index (κ1) is 12.7. The monoisotopic (exact) mass is 288 g/mol. The van der Waals surface area contributed by atoms with Gasteiger partial charge in [0, 0.05) is 11.6 Å². The van der Waals surface area contributed by atoms with Crippen molar-refractivity contribution >= 4 is 28.0 Å². The third-order valence-electron chi connectivity index (χ3n) is 1.73. The number of hydrogen-bond acceptors (Lipinski definition) is 2. The van der Waals surface area contributed by atoms with Crippen molar-refractivity contribution in [3.8, 4) is 5.75 Å². The number of ether oxygens (including phenoxy) is 1. The fourth-order valence-corrected chi connectivity index (χ4v) is 1.61. The predicted octanol–water partition coefficient (Wildman–Crippen LogP) is 2.90. The zero-order valence-corrected chi connectivity index (χ0v) is 9.91. The summed E-state index contributed by atoms with van der Waals surface area (Å²) in [6.45, 7) is -0.653. The molecule has 0 saturated carbocycles. The number of aliphatic carboxylic acids is 1. The minimum Gasteiger partial charge on any atom is -0.489 e. The Morgan fingerprint density at radius 3 is 2.94 bits per heavy atom. The Balaban J connectivity index is 2.97. The molecule has 0 unspecified atom stereocenters. The van der Waals surface area contributed by atoms with Gasteiger partial charge >= 0.3 is 5.97 Å². The second-order valence-electron chi connectivity index (χ2n) is 2.87. The van der Waals surface area contributed by atoms with E-state index < -0.39 is 12.6 Å². The molecular formula is C11H10BrFO3. The minimum absolute atomic E-state index is 0.0590. The molecule has 3 nitrogen and oxygen atoms in total. The third-order valence-corrected chi connectivity index (χ3v) is 2.35. The van der Waals surface area contributed by atoms with Crippen LogP contribution in [0.1, 0.15) is 5.56 Å². The molecule has 1 rings (SSSR count). The summed E-state index contributed by atoms with van der Waals surface area (Å²) in [6.07, 6.45) is 2.41. The van der Waals surface area contributed by atoms with Crippen LogP contribution >= 0.6 is 15.9 Å². The van der Waals surface area contributed by atoms with Crippen LogP contribution in [0.25, 0.3) is 6.08 Å². The molecule has 0 spiro atoms.